The number of nitrogens with one attached hydrogen (secondary N) is 1. The van der Waals surface area contributed by atoms with Crippen LogP contribution in [-0.4, -0.2) is 33.7 Å². The minimum atomic E-state index is 0.468. The number of hydrogen-bond donors (Lipinski definition) is 1. The maximum Gasteiger partial charge on any atom is 0.159 e. The van der Waals surface area contributed by atoms with E-state index < -0.39 is 0 Å². The zero-order valence-electron chi connectivity index (χ0n) is 12.4. The molecule has 0 saturated heterocycles. The van der Waals surface area contributed by atoms with Crippen molar-refractivity contribution in [3.63, 3.8) is 0 Å². The van der Waals surface area contributed by atoms with Crippen molar-refractivity contribution in [1.82, 2.24) is 19.6 Å². The molecule has 7 nitrogen and oxygen atoms in total. The lowest BCUT2D eigenvalue weighted by molar-refractivity contribution is 0.911. The van der Waals surface area contributed by atoms with Crippen molar-refractivity contribution in [1.29, 1.82) is 5.26 Å². The average Bonchev–Trinajstić information content (AvgIpc) is 3.00. The van der Waals surface area contributed by atoms with Crippen LogP contribution in [0.3, 0.4) is 0 Å². The van der Waals surface area contributed by atoms with Gasteiger partial charge in [0.15, 0.2) is 17.3 Å². The molecule has 0 fully saturated rings. The standard InChI is InChI=1S/C15H15N7/c1-21(2)15-12(9-16)14(22-13(20-15)5-8-19-22)18-10-11-3-6-17-7-4-11/h3-8,18H,10H2,1-2H3. The molecule has 0 spiro atoms. The molecular formula is C15H15N7. The lowest BCUT2D eigenvalue weighted by Crippen LogP contribution is -2.17. The van der Waals surface area contributed by atoms with E-state index in [0.29, 0.717) is 29.4 Å². The quantitative estimate of drug-likeness (QED) is 0.788. The first kappa shape index (κ1) is 13.8. The molecule has 3 rings (SSSR count). The van der Waals surface area contributed by atoms with Crippen molar-refractivity contribution < 1.29 is 0 Å². The van der Waals surface area contributed by atoms with Crippen molar-refractivity contribution in [3.05, 3.63) is 47.9 Å². The second-order valence-corrected chi connectivity index (χ2v) is 4.98. The molecule has 7 heteroatoms. The molecule has 0 radical (unpaired) electrons. The van der Waals surface area contributed by atoms with Gasteiger partial charge in [-0.05, 0) is 17.7 Å². The molecule has 3 aromatic rings. The van der Waals surface area contributed by atoms with Crippen LogP contribution in [-0.2, 0) is 6.54 Å². The van der Waals surface area contributed by atoms with Crippen LogP contribution in [0.2, 0.25) is 0 Å². The van der Waals surface area contributed by atoms with E-state index >= 15 is 0 Å². The lowest BCUT2D eigenvalue weighted by atomic mass is 10.2. The molecule has 0 aliphatic rings. The summed E-state index contributed by atoms with van der Waals surface area (Å²) in [4.78, 5) is 10.3. The summed E-state index contributed by atoms with van der Waals surface area (Å²) >= 11 is 0. The van der Waals surface area contributed by atoms with E-state index in [1.165, 1.54) is 0 Å². The lowest BCUT2D eigenvalue weighted by Gasteiger charge is -2.17. The Morgan fingerprint density at radius 3 is 2.68 bits per heavy atom. The Morgan fingerprint density at radius 2 is 2.00 bits per heavy atom. The summed E-state index contributed by atoms with van der Waals surface area (Å²) in [6.07, 6.45) is 5.15. The number of nitriles is 1. The van der Waals surface area contributed by atoms with Gasteiger partial charge in [-0.1, -0.05) is 0 Å². The Balaban J connectivity index is 2.06. The van der Waals surface area contributed by atoms with Gasteiger partial charge >= 0.3 is 0 Å². The van der Waals surface area contributed by atoms with Crippen molar-refractivity contribution in [2.45, 2.75) is 6.54 Å². The van der Waals surface area contributed by atoms with E-state index in [2.05, 4.69) is 26.5 Å². The van der Waals surface area contributed by atoms with Gasteiger partial charge in [0.1, 0.15) is 11.6 Å². The van der Waals surface area contributed by atoms with Crippen molar-refractivity contribution in [3.8, 4) is 6.07 Å². The summed E-state index contributed by atoms with van der Waals surface area (Å²) in [7, 11) is 3.73. The first-order valence-corrected chi connectivity index (χ1v) is 6.78. The fourth-order valence-electron chi connectivity index (χ4n) is 2.21. The van der Waals surface area contributed by atoms with Crippen LogP contribution in [0.1, 0.15) is 11.1 Å². The van der Waals surface area contributed by atoms with Crippen LogP contribution in [0.4, 0.5) is 11.6 Å². The van der Waals surface area contributed by atoms with Crippen LogP contribution in [0.25, 0.3) is 5.65 Å². The summed E-state index contributed by atoms with van der Waals surface area (Å²) in [6, 6.07) is 7.88. The Kier molecular flexibility index (Phi) is 3.58. The second kappa shape index (κ2) is 5.69. The third kappa shape index (κ3) is 2.42. The molecule has 3 heterocycles. The highest BCUT2D eigenvalue weighted by Crippen LogP contribution is 2.25. The zero-order chi connectivity index (χ0) is 15.5. The number of pyridine rings is 1. The van der Waals surface area contributed by atoms with E-state index in [0.717, 1.165) is 5.56 Å². The Morgan fingerprint density at radius 1 is 1.23 bits per heavy atom. The van der Waals surface area contributed by atoms with Crippen molar-refractivity contribution in [2.75, 3.05) is 24.3 Å². The molecule has 0 atom stereocenters. The fourth-order valence-corrected chi connectivity index (χ4v) is 2.21. The first-order valence-electron chi connectivity index (χ1n) is 6.78. The number of aromatic nitrogens is 4. The van der Waals surface area contributed by atoms with Gasteiger partial charge in [0.25, 0.3) is 0 Å². The third-order valence-electron chi connectivity index (χ3n) is 3.26. The molecule has 0 aliphatic carbocycles. The number of anilines is 2. The first-order chi connectivity index (χ1) is 10.7. The molecule has 0 aliphatic heterocycles. The maximum absolute atomic E-state index is 9.53. The van der Waals surface area contributed by atoms with Gasteiger partial charge in [0, 0.05) is 39.1 Å². The van der Waals surface area contributed by atoms with E-state index in [-0.39, 0.29) is 0 Å². The summed E-state index contributed by atoms with van der Waals surface area (Å²) in [6.45, 7) is 0.572. The van der Waals surface area contributed by atoms with Gasteiger partial charge in [-0.2, -0.15) is 14.9 Å². The Hall–Kier alpha value is -3.14. The predicted molar refractivity (Wildman–Crippen MR) is 83.6 cm³/mol. The Labute approximate surface area is 127 Å². The second-order valence-electron chi connectivity index (χ2n) is 4.98. The van der Waals surface area contributed by atoms with Crippen LogP contribution >= 0.6 is 0 Å². The van der Waals surface area contributed by atoms with E-state index in [1.54, 1.807) is 23.1 Å². The molecule has 110 valence electrons. The summed E-state index contributed by atoms with van der Waals surface area (Å²) in [5, 5.41) is 17.1. The summed E-state index contributed by atoms with van der Waals surface area (Å²) in [5.41, 5.74) is 2.23. The summed E-state index contributed by atoms with van der Waals surface area (Å²) < 4.78 is 1.65. The number of fused-ring (bicyclic) bond motifs is 1. The molecule has 0 unspecified atom stereocenters. The molecule has 1 N–H and O–H groups in total. The highest BCUT2D eigenvalue weighted by molar-refractivity contribution is 5.69. The molecular weight excluding hydrogens is 278 g/mol. The molecule has 22 heavy (non-hydrogen) atoms. The van der Waals surface area contributed by atoms with Crippen LogP contribution in [0.5, 0.6) is 0 Å². The highest BCUT2D eigenvalue weighted by atomic mass is 15.3. The monoisotopic (exact) mass is 293 g/mol. The number of hydrogen-bond acceptors (Lipinski definition) is 6. The van der Waals surface area contributed by atoms with Crippen LogP contribution < -0.4 is 10.2 Å². The third-order valence-corrected chi connectivity index (χ3v) is 3.26. The highest BCUT2D eigenvalue weighted by Gasteiger charge is 2.17. The SMILES string of the molecule is CN(C)c1nc2ccnn2c(NCc2ccncc2)c1C#N. The molecule has 0 aromatic carbocycles. The average molecular weight is 293 g/mol. The van der Waals surface area contributed by atoms with Gasteiger partial charge in [-0.25, -0.2) is 4.98 Å². The van der Waals surface area contributed by atoms with E-state index in [1.807, 2.05) is 37.2 Å². The largest absolute Gasteiger partial charge is 0.365 e. The maximum atomic E-state index is 9.53. The van der Waals surface area contributed by atoms with Crippen LogP contribution in [0.15, 0.2) is 36.8 Å². The molecule has 0 amide bonds. The molecule has 0 bridgehead atoms. The van der Waals surface area contributed by atoms with Crippen molar-refractivity contribution >= 4 is 17.3 Å². The van der Waals surface area contributed by atoms with Gasteiger partial charge in [0.05, 0.1) is 6.20 Å². The van der Waals surface area contributed by atoms with Crippen LogP contribution in [0, 0.1) is 11.3 Å². The predicted octanol–water partition coefficient (Wildman–Crippen LogP) is 1.67. The normalized spacial score (nSPS) is 10.4. The van der Waals surface area contributed by atoms with E-state index in [4.69, 9.17) is 0 Å². The van der Waals surface area contributed by atoms with Crippen molar-refractivity contribution in [2.24, 2.45) is 0 Å². The van der Waals surface area contributed by atoms with Gasteiger partial charge < -0.3 is 10.2 Å². The molecule has 0 saturated carbocycles. The summed E-state index contributed by atoms with van der Waals surface area (Å²) in [5.74, 6) is 1.26. The Bertz CT molecular complexity index is 830. The smallest absolute Gasteiger partial charge is 0.159 e. The fraction of sp³-hybridized carbons (Fsp3) is 0.200. The zero-order valence-corrected chi connectivity index (χ0v) is 12.4. The topological polar surface area (TPSA) is 82.1 Å². The minimum absolute atomic E-state index is 0.468. The van der Waals surface area contributed by atoms with Gasteiger partial charge in [0.2, 0.25) is 0 Å². The van der Waals surface area contributed by atoms with Gasteiger partial charge in [-0.15, -0.1) is 0 Å². The van der Waals surface area contributed by atoms with E-state index in [9.17, 15) is 5.26 Å². The number of nitrogens with zero attached hydrogens (tertiary/aromatic N) is 6. The molecule has 3 aromatic heterocycles. The minimum Gasteiger partial charge on any atom is -0.365 e. The number of rotatable bonds is 4. The van der Waals surface area contributed by atoms with Gasteiger partial charge in [-0.3, -0.25) is 4.98 Å².